The molecule has 3 atom stereocenters. The van der Waals surface area contributed by atoms with Crippen molar-refractivity contribution < 1.29 is 9.53 Å². The second-order valence-electron chi connectivity index (χ2n) is 7.24. The average molecular weight is 298 g/mol. The molecule has 0 spiro atoms. The molecule has 1 aliphatic rings. The van der Waals surface area contributed by atoms with Crippen LogP contribution < -0.4 is 10.6 Å². The van der Waals surface area contributed by atoms with Crippen molar-refractivity contribution in [2.75, 3.05) is 6.54 Å². The first-order valence-electron chi connectivity index (χ1n) is 8.58. The van der Waals surface area contributed by atoms with Crippen LogP contribution in [0.4, 0.5) is 4.79 Å². The van der Waals surface area contributed by atoms with Gasteiger partial charge in [0.2, 0.25) is 0 Å². The number of carbonyl (C=O) groups is 1. The van der Waals surface area contributed by atoms with Gasteiger partial charge in [0.25, 0.3) is 0 Å². The molecule has 0 aliphatic heterocycles. The maximum absolute atomic E-state index is 11.8. The van der Waals surface area contributed by atoms with E-state index < -0.39 is 5.60 Å². The third-order valence-corrected chi connectivity index (χ3v) is 4.16. The van der Waals surface area contributed by atoms with Crippen molar-refractivity contribution in [2.45, 2.75) is 90.8 Å². The topological polar surface area (TPSA) is 50.4 Å². The third kappa shape index (κ3) is 7.16. The summed E-state index contributed by atoms with van der Waals surface area (Å²) in [4.78, 5) is 11.8. The number of hydrogen-bond acceptors (Lipinski definition) is 3. The third-order valence-electron chi connectivity index (χ3n) is 4.16. The van der Waals surface area contributed by atoms with Crippen molar-refractivity contribution in [2.24, 2.45) is 5.92 Å². The molecule has 0 radical (unpaired) electrons. The highest BCUT2D eigenvalue weighted by Crippen LogP contribution is 2.28. The van der Waals surface area contributed by atoms with Crippen LogP contribution in [0.15, 0.2) is 0 Å². The van der Waals surface area contributed by atoms with Gasteiger partial charge in [0.1, 0.15) is 5.60 Å². The van der Waals surface area contributed by atoms with Gasteiger partial charge in [0, 0.05) is 18.6 Å². The highest BCUT2D eigenvalue weighted by Gasteiger charge is 2.27. The summed E-state index contributed by atoms with van der Waals surface area (Å²) in [5, 5.41) is 6.67. The maximum Gasteiger partial charge on any atom is 0.407 e. The molecule has 0 saturated heterocycles. The molecule has 0 heterocycles. The minimum atomic E-state index is -0.434. The minimum Gasteiger partial charge on any atom is -0.444 e. The van der Waals surface area contributed by atoms with Crippen LogP contribution in [-0.2, 0) is 4.74 Å². The van der Waals surface area contributed by atoms with Gasteiger partial charge in [0.15, 0.2) is 0 Å². The Morgan fingerprint density at radius 2 is 2.00 bits per heavy atom. The Hall–Kier alpha value is -0.770. The Morgan fingerprint density at radius 3 is 2.57 bits per heavy atom. The van der Waals surface area contributed by atoms with Crippen molar-refractivity contribution in [3.05, 3.63) is 0 Å². The van der Waals surface area contributed by atoms with E-state index in [1.165, 1.54) is 25.7 Å². The van der Waals surface area contributed by atoms with Crippen LogP contribution in [-0.4, -0.2) is 30.3 Å². The lowest BCUT2D eigenvalue weighted by atomic mass is 9.99. The highest BCUT2D eigenvalue weighted by atomic mass is 16.6. The summed E-state index contributed by atoms with van der Waals surface area (Å²) < 4.78 is 5.30. The summed E-state index contributed by atoms with van der Waals surface area (Å²) >= 11 is 0. The second-order valence-corrected chi connectivity index (χ2v) is 7.24. The van der Waals surface area contributed by atoms with Gasteiger partial charge in [-0.3, -0.25) is 0 Å². The van der Waals surface area contributed by atoms with Gasteiger partial charge in [-0.2, -0.15) is 0 Å². The molecule has 124 valence electrons. The molecule has 1 saturated carbocycles. The Morgan fingerprint density at radius 1 is 1.29 bits per heavy atom. The van der Waals surface area contributed by atoms with Crippen molar-refractivity contribution in [3.63, 3.8) is 0 Å². The van der Waals surface area contributed by atoms with E-state index in [0.717, 1.165) is 18.8 Å². The molecule has 4 heteroatoms. The Balaban J connectivity index is 2.40. The fourth-order valence-electron chi connectivity index (χ4n) is 3.16. The highest BCUT2D eigenvalue weighted by molar-refractivity contribution is 5.67. The van der Waals surface area contributed by atoms with Crippen molar-refractivity contribution in [1.29, 1.82) is 0 Å². The number of alkyl carbamates (subject to hydrolysis) is 1. The minimum absolute atomic E-state index is 0.316. The van der Waals surface area contributed by atoms with E-state index in [1.807, 2.05) is 20.8 Å². The van der Waals surface area contributed by atoms with Crippen LogP contribution in [0.2, 0.25) is 0 Å². The normalized spacial score (nSPS) is 23.9. The summed E-state index contributed by atoms with van der Waals surface area (Å²) in [6.07, 6.45) is 7.08. The summed E-state index contributed by atoms with van der Waals surface area (Å²) in [5.41, 5.74) is -0.434. The molecule has 0 aromatic carbocycles. The van der Waals surface area contributed by atoms with Crippen LogP contribution in [0, 0.1) is 5.92 Å². The number of rotatable bonds is 7. The van der Waals surface area contributed by atoms with Gasteiger partial charge < -0.3 is 15.4 Å². The zero-order valence-electron chi connectivity index (χ0n) is 14.5. The van der Waals surface area contributed by atoms with Gasteiger partial charge in [0.05, 0.1) is 0 Å². The van der Waals surface area contributed by atoms with Crippen molar-refractivity contribution in [3.8, 4) is 0 Å². The van der Waals surface area contributed by atoms with E-state index in [1.54, 1.807) is 0 Å². The Bertz CT molecular complexity index is 312. The van der Waals surface area contributed by atoms with E-state index >= 15 is 0 Å². The van der Waals surface area contributed by atoms with E-state index in [2.05, 4.69) is 24.5 Å². The van der Waals surface area contributed by atoms with Crippen molar-refractivity contribution >= 4 is 6.09 Å². The van der Waals surface area contributed by atoms with Gasteiger partial charge in [-0.15, -0.1) is 0 Å². The molecule has 1 rings (SSSR count). The zero-order valence-corrected chi connectivity index (χ0v) is 14.5. The number of hydrogen-bond donors (Lipinski definition) is 2. The van der Waals surface area contributed by atoms with Gasteiger partial charge in [-0.1, -0.05) is 33.1 Å². The summed E-state index contributed by atoms with van der Waals surface area (Å²) in [6.45, 7) is 10.8. The molecular formula is C17H34N2O2. The molecule has 1 aliphatic carbocycles. The first-order valence-corrected chi connectivity index (χ1v) is 8.58. The first-order chi connectivity index (χ1) is 9.85. The predicted molar refractivity (Wildman–Crippen MR) is 87.5 cm³/mol. The van der Waals surface area contributed by atoms with Crippen LogP contribution in [0.3, 0.4) is 0 Å². The van der Waals surface area contributed by atoms with Crippen LogP contribution in [0.25, 0.3) is 0 Å². The lowest BCUT2D eigenvalue weighted by Crippen LogP contribution is -2.47. The lowest BCUT2D eigenvalue weighted by Gasteiger charge is -2.27. The largest absolute Gasteiger partial charge is 0.444 e. The summed E-state index contributed by atoms with van der Waals surface area (Å²) in [6, 6.07) is 0.964. The smallest absolute Gasteiger partial charge is 0.407 e. The van der Waals surface area contributed by atoms with Crippen molar-refractivity contribution in [1.82, 2.24) is 10.6 Å². The Labute approximate surface area is 130 Å². The summed E-state index contributed by atoms with van der Waals surface area (Å²) in [7, 11) is 0. The molecule has 1 fully saturated rings. The van der Waals surface area contributed by atoms with E-state index in [4.69, 9.17) is 4.74 Å². The van der Waals surface area contributed by atoms with E-state index in [9.17, 15) is 4.79 Å². The molecule has 4 nitrogen and oxygen atoms in total. The number of ether oxygens (including phenoxy) is 1. The van der Waals surface area contributed by atoms with Crippen LogP contribution >= 0.6 is 0 Å². The quantitative estimate of drug-likeness (QED) is 0.750. The number of carbonyl (C=O) groups excluding carboxylic acids is 1. The van der Waals surface area contributed by atoms with E-state index in [0.29, 0.717) is 18.6 Å². The molecule has 2 N–H and O–H groups in total. The van der Waals surface area contributed by atoms with Gasteiger partial charge >= 0.3 is 6.09 Å². The maximum atomic E-state index is 11.8. The average Bonchev–Trinajstić information content (AvgIpc) is 2.81. The molecule has 21 heavy (non-hydrogen) atoms. The standard InChI is InChI=1S/C17H34N2O2/c1-6-9-14(12-18-16(20)21-17(3,4)5)19-15-11-8-10-13(15)7-2/h13-15,19H,6-12H2,1-5H3,(H,18,20). The van der Waals surface area contributed by atoms with Crippen LogP contribution in [0.5, 0.6) is 0 Å². The zero-order chi connectivity index (χ0) is 15.9. The Kier molecular flexibility index (Phi) is 7.50. The van der Waals surface area contributed by atoms with Gasteiger partial charge in [-0.05, 0) is 46.0 Å². The monoisotopic (exact) mass is 298 g/mol. The second kappa shape index (κ2) is 8.62. The molecule has 1 amide bonds. The fraction of sp³-hybridized carbons (Fsp3) is 0.941. The number of amides is 1. The van der Waals surface area contributed by atoms with E-state index in [-0.39, 0.29) is 6.09 Å². The number of nitrogens with one attached hydrogen (secondary N) is 2. The molecule has 0 aromatic heterocycles. The molecular weight excluding hydrogens is 264 g/mol. The molecule has 3 unspecified atom stereocenters. The van der Waals surface area contributed by atoms with Gasteiger partial charge in [-0.25, -0.2) is 4.79 Å². The predicted octanol–water partition coefficient (Wildman–Crippen LogP) is 3.85. The SMILES string of the molecule is CCCC(CNC(=O)OC(C)(C)C)NC1CCCC1CC. The molecule has 0 bridgehead atoms. The fourth-order valence-corrected chi connectivity index (χ4v) is 3.16. The summed E-state index contributed by atoms with van der Waals surface area (Å²) in [5.74, 6) is 0.797. The van der Waals surface area contributed by atoms with Crippen LogP contribution in [0.1, 0.15) is 73.1 Å². The first kappa shape index (κ1) is 18.3. The molecule has 0 aromatic rings. The lowest BCUT2D eigenvalue weighted by molar-refractivity contribution is 0.0520.